The summed E-state index contributed by atoms with van der Waals surface area (Å²) in [7, 11) is 0. The van der Waals surface area contributed by atoms with E-state index in [1.54, 1.807) is 0 Å². The molecule has 0 bridgehead atoms. The molecule has 4 N–H and O–H groups in total. The van der Waals surface area contributed by atoms with Crippen LogP contribution in [0.15, 0.2) is 0 Å². The molecule has 0 radical (unpaired) electrons. The van der Waals surface area contributed by atoms with Crippen LogP contribution in [-0.4, -0.2) is 23.0 Å². The van der Waals surface area contributed by atoms with Crippen LogP contribution >= 0.6 is 11.3 Å². The lowest BCUT2D eigenvalue weighted by Gasteiger charge is -2.11. The molecule has 1 aliphatic carbocycles. The molecule has 1 amide bonds. The van der Waals surface area contributed by atoms with Crippen molar-refractivity contribution >= 4 is 28.2 Å². The number of carbonyl (C=O) groups excluding carboxylic acids is 1. The van der Waals surface area contributed by atoms with Gasteiger partial charge in [0.15, 0.2) is 5.13 Å². The zero-order valence-electron chi connectivity index (χ0n) is 10.8. The first-order valence-corrected chi connectivity index (χ1v) is 7.25. The number of carbonyl (C=O) groups is 1. The van der Waals surface area contributed by atoms with E-state index in [9.17, 15) is 4.79 Å². The fourth-order valence-corrected chi connectivity index (χ4v) is 2.62. The summed E-state index contributed by atoms with van der Waals surface area (Å²) in [6.45, 7) is 4.10. The van der Waals surface area contributed by atoms with Crippen LogP contribution in [0.3, 0.4) is 0 Å². The van der Waals surface area contributed by atoms with Gasteiger partial charge in [-0.05, 0) is 26.2 Å². The van der Waals surface area contributed by atoms with E-state index in [-0.39, 0.29) is 11.9 Å². The summed E-state index contributed by atoms with van der Waals surface area (Å²) in [6.07, 6.45) is 4.37. The Kier molecular flexibility index (Phi) is 4.06. The Morgan fingerprint density at radius 1 is 1.61 bits per heavy atom. The molecule has 6 heteroatoms. The number of anilines is 2. The van der Waals surface area contributed by atoms with E-state index in [2.05, 4.69) is 22.5 Å². The number of nitrogen functional groups attached to an aromatic ring is 1. The third kappa shape index (κ3) is 3.35. The van der Waals surface area contributed by atoms with Crippen LogP contribution in [-0.2, 0) is 0 Å². The van der Waals surface area contributed by atoms with E-state index in [4.69, 9.17) is 5.73 Å². The molecular formula is C12H20N4OS. The minimum atomic E-state index is -0.116. The van der Waals surface area contributed by atoms with E-state index in [0.717, 1.165) is 18.0 Å². The van der Waals surface area contributed by atoms with Gasteiger partial charge in [0, 0.05) is 12.1 Å². The van der Waals surface area contributed by atoms with Crippen molar-refractivity contribution in [3.63, 3.8) is 0 Å². The maximum absolute atomic E-state index is 12.0. The zero-order chi connectivity index (χ0) is 13.1. The number of rotatable bonds is 6. The molecule has 0 saturated heterocycles. The number of nitrogens with one attached hydrogen (secondary N) is 2. The van der Waals surface area contributed by atoms with Gasteiger partial charge in [0.05, 0.1) is 0 Å². The van der Waals surface area contributed by atoms with Gasteiger partial charge in [-0.1, -0.05) is 24.7 Å². The van der Waals surface area contributed by atoms with Crippen LogP contribution in [0.4, 0.5) is 10.9 Å². The minimum absolute atomic E-state index is 0.116. The molecule has 1 aromatic heterocycles. The fraction of sp³-hybridized carbons (Fsp3) is 0.667. The molecule has 1 saturated carbocycles. The summed E-state index contributed by atoms with van der Waals surface area (Å²) < 4.78 is 0. The Morgan fingerprint density at radius 3 is 2.94 bits per heavy atom. The number of nitrogens with zero attached hydrogens (tertiary/aromatic N) is 1. The second-order valence-corrected chi connectivity index (χ2v) is 5.81. The van der Waals surface area contributed by atoms with Crippen molar-refractivity contribution < 1.29 is 4.79 Å². The number of thiazole rings is 1. The van der Waals surface area contributed by atoms with E-state index in [0.29, 0.717) is 16.7 Å². The van der Waals surface area contributed by atoms with E-state index in [1.807, 2.05) is 6.92 Å². The standard InChI is InChI=1S/C12H20N4OS/c1-3-4-7(2)14-11(17)9-10(13)16-12(18-9)15-8-5-6-8/h7-8H,3-6,13H2,1-2H3,(H,14,17)(H,15,16). The van der Waals surface area contributed by atoms with Gasteiger partial charge in [0.1, 0.15) is 10.7 Å². The molecule has 1 unspecified atom stereocenters. The maximum Gasteiger partial charge on any atom is 0.265 e. The van der Waals surface area contributed by atoms with Gasteiger partial charge in [0.2, 0.25) is 0 Å². The molecule has 0 aliphatic heterocycles. The Balaban J connectivity index is 1.97. The van der Waals surface area contributed by atoms with Gasteiger partial charge >= 0.3 is 0 Å². The van der Waals surface area contributed by atoms with E-state index >= 15 is 0 Å². The lowest BCUT2D eigenvalue weighted by Crippen LogP contribution is -2.32. The summed E-state index contributed by atoms with van der Waals surface area (Å²) in [5.41, 5.74) is 5.79. The third-order valence-corrected chi connectivity index (χ3v) is 3.86. The predicted molar refractivity (Wildman–Crippen MR) is 75.0 cm³/mol. The average Bonchev–Trinajstić information content (AvgIpc) is 3.01. The lowest BCUT2D eigenvalue weighted by atomic mass is 10.2. The van der Waals surface area contributed by atoms with Crippen molar-refractivity contribution in [2.24, 2.45) is 0 Å². The quantitative estimate of drug-likeness (QED) is 0.739. The molecule has 0 aromatic carbocycles. The second-order valence-electron chi connectivity index (χ2n) is 4.82. The largest absolute Gasteiger partial charge is 0.382 e. The van der Waals surface area contributed by atoms with Crippen LogP contribution in [0.25, 0.3) is 0 Å². The third-order valence-electron chi connectivity index (χ3n) is 2.86. The highest BCUT2D eigenvalue weighted by Gasteiger charge is 2.24. The summed E-state index contributed by atoms with van der Waals surface area (Å²) in [5.74, 6) is 0.208. The van der Waals surface area contributed by atoms with Crippen molar-refractivity contribution in [3.8, 4) is 0 Å². The van der Waals surface area contributed by atoms with Crippen molar-refractivity contribution in [1.29, 1.82) is 0 Å². The van der Waals surface area contributed by atoms with E-state index < -0.39 is 0 Å². The number of aromatic nitrogens is 1. The first-order chi connectivity index (χ1) is 8.60. The maximum atomic E-state index is 12.0. The molecule has 1 atom stereocenters. The summed E-state index contributed by atoms with van der Waals surface area (Å²) >= 11 is 1.34. The van der Waals surface area contributed by atoms with Crippen LogP contribution in [0, 0.1) is 0 Å². The average molecular weight is 268 g/mol. The van der Waals surface area contributed by atoms with Gasteiger partial charge in [0.25, 0.3) is 5.91 Å². The van der Waals surface area contributed by atoms with Gasteiger partial charge in [-0.25, -0.2) is 4.98 Å². The van der Waals surface area contributed by atoms with Gasteiger partial charge in [-0.3, -0.25) is 4.79 Å². The SMILES string of the molecule is CCCC(C)NC(=O)c1sc(NC2CC2)nc1N. The monoisotopic (exact) mass is 268 g/mol. The zero-order valence-corrected chi connectivity index (χ0v) is 11.6. The topological polar surface area (TPSA) is 80.0 Å². The molecule has 1 heterocycles. The van der Waals surface area contributed by atoms with Crippen molar-refractivity contribution in [3.05, 3.63) is 4.88 Å². The van der Waals surface area contributed by atoms with Crippen LogP contribution < -0.4 is 16.4 Å². The minimum Gasteiger partial charge on any atom is -0.382 e. The molecule has 1 aromatic rings. The molecule has 2 rings (SSSR count). The second kappa shape index (κ2) is 5.56. The Labute approximate surface area is 111 Å². The normalized spacial score (nSPS) is 16.3. The predicted octanol–water partition coefficient (Wildman–Crippen LogP) is 2.22. The van der Waals surface area contributed by atoms with E-state index in [1.165, 1.54) is 24.2 Å². The lowest BCUT2D eigenvalue weighted by molar-refractivity contribution is 0.0943. The number of hydrogen-bond donors (Lipinski definition) is 3. The van der Waals surface area contributed by atoms with Crippen molar-refractivity contribution in [2.75, 3.05) is 11.1 Å². The first-order valence-electron chi connectivity index (χ1n) is 6.43. The number of amides is 1. The van der Waals surface area contributed by atoms with Gasteiger partial charge < -0.3 is 16.4 Å². The molecule has 100 valence electrons. The van der Waals surface area contributed by atoms with Gasteiger partial charge in [-0.2, -0.15) is 0 Å². The fourth-order valence-electron chi connectivity index (χ4n) is 1.75. The van der Waals surface area contributed by atoms with Gasteiger partial charge in [-0.15, -0.1) is 0 Å². The Bertz CT molecular complexity index is 428. The number of hydrogen-bond acceptors (Lipinski definition) is 5. The molecule has 5 nitrogen and oxygen atoms in total. The smallest absolute Gasteiger partial charge is 0.265 e. The Hall–Kier alpha value is -1.30. The summed E-state index contributed by atoms with van der Waals surface area (Å²) in [6, 6.07) is 0.689. The molecule has 18 heavy (non-hydrogen) atoms. The molecular weight excluding hydrogens is 248 g/mol. The highest BCUT2D eigenvalue weighted by atomic mass is 32.1. The van der Waals surface area contributed by atoms with Crippen LogP contribution in [0.5, 0.6) is 0 Å². The highest BCUT2D eigenvalue weighted by molar-refractivity contribution is 7.18. The van der Waals surface area contributed by atoms with Crippen molar-refractivity contribution in [2.45, 2.75) is 51.6 Å². The van der Waals surface area contributed by atoms with Crippen LogP contribution in [0.1, 0.15) is 49.2 Å². The molecule has 1 fully saturated rings. The van der Waals surface area contributed by atoms with Crippen molar-refractivity contribution in [1.82, 2.24) is 10.3 Å². The molecule has 0 spiro atoms. The summed E-state index contributed by atoms with van der Waals surface area (Å²) in [4.78, 5) is 16.7. The Morgan fingerprint density at radius 2 is 2.33 bits per heavy atom. The highest BCUT2D eigenvalue weighted by Crippen LogP contribution is 2.30. The summed E-state index contributed by atoms with van der Waals surface area (Å²) in [5, 5.41) is 6.95. The first kappa shape index (κ1) is 13.1. The number of nitrogens with two attached hydrogens (primary N) is 1. The molecule has 1 aliphatic rings. The van der Waals surface area contributed by atoms with Crippen LogP contribution in [0.2, 0.25) is 0 Å².